The molecule has 1 aliphatic carbocycles. The number of hydrogen-bond donors (Lipinski definition) is 1. The largest absolute Gasteiger partial charge is 0.312 e. The van der Waals surface area contributed by atoms with Gasteiger partial charge in [-0.25, -0.2) is 0 Å². The van der Waals surface area contributed by atoms with E-state index in [1.807, 2.05) is 0 Å². The summed E-state index contributed by atoms with van der Waals surface area (Å²) in [6, 6.07) is 9.27. The zero-order chi connectivity index (χ0) is 17.1. The summed E-state index contributed by atoms with van der Waals surface area (Å²) in [7, 11) is 2.20. The van der Waals surface area contributed by atoms with E-state index in [4.69, 9.17) is 0 Å². The van der Waals surface area contributed by atoms with E-state index in [1.54, 1.807) is 0 Å². The lowest BCUT2D eigenvalue weighted by Crippen LogP contribution is -2.32. The molecule has 2 aromatic rings. The zero-order valence-corrected chi connectivity index (χ0v) is 15.8. The van der Waals surface area contributed by atoms with Crippen molar-refractivity contribution in [2.45, 2.75) is 64.5 Å². The lowest BCUT2D eigenvalue weighted by Gasteiger charge is -2.31. The topological polar surface area (TPSA) is 36.1 Å². The maximum atomic E-state index is 12.0. The van der Waals surface area contributed by atoms with Crippen molar-refractivity contribution in [3.05, 3.63) is 44.4 Å². The Morgan fingerprint density at radius 3 is 2.46 bits per heavy atom. The van der Waals surface area contributed by atoms with Crippen LogP contribution in [0.25, 0.3) is 11.3 Å². The number of nitrogens with zero attached hydrogens (tertiary/aromatic N) is 1. The van der Waals surface area contributed by atoms with E-state index in [2.05, 4.69) is 55.0 Å². The van der Waals surface area contributed by atoms with Gasteiger partial charge >= 0.3 is 4.87 Å². The SMILES string of the molecule is CC(C)c1ccc(-c2[nH]c(=O)sc2CN(C)C2CCCCC2)cc1. The van der Waals surface area contributed by atoms with Gasteiger partial charge in [0.25, 0.3) is 0 Å². The Balaban J connectivity index is 1.80. The molecule has 0 saturated heterocycles. The van der Waals surface area contributed by atoms with E-state index in [1.165, 1.54) is 49.0 Å². The summed E-state index contributed by atoms with van der Waals surface area (Å²) in [5, 5.41) is 0. The van der Waals surface area contributed by atoms with Crippen molar-refractivity contribution in [3.63, 3.8) is 0 Å². The van der Waals surface area contributed by atoms with E-state index in [9.17, 15) is 4.79 Å². The Labute approximate surface area is 148 Å². The number of H-pyrrole nitrogens is 1. The second-order valence-electron chi connectivity index (χ2n) is 7.30. The minimum atomic E-state index is 0.0463. The van der Waals surface area contributed by atoms with Crippen LogP contribution >= 0.6 is 11.3 Å². The van der Waals surface area contributed by atoms with Crippen LogP contribution in [0.1, 0.15) is 62.3 Å². The van der Waals surface area contributed by atoms with Gasteiger partial charge in [-0.3, -0.25) is 9.69 Å². The molecule has 4 heteroatoms. The van der Waals surface area contributed by atoms with Crippen molar-refractivity contribution in [3.8, 4) is 11.3 Å². The van der Waals surface area contributed by atoms with Crippen LogP contribution in [0, 0.1) is 0 Å². The summed E-state index contributed by atoms with van der Waals surface area (Å²) in [5.74, 6) is 0.525. The first-order valence-corrected chi connectivity index (χ1v) is 9.89. The minimum Gasteiger partial charge on any atom is -0.312 e. The summed E-state index contributed by atoms with van der Waals surface area (Å²) in [6.07, 6.45) is 6.61. The Kier molecular flexibility index (Phi) is 5.57. The van der Waals surface area contributed by atoms with Crippen LogP contribution in [-0.2, 0) is 6.54 Å². The highest BCUT2D eigenvalue weighted by Crippen LogP contribution is 2.28. The van der Waals surface area contributed by atoms with Crippen LogP contribution in [0.2, 0.25) is 0 Å². The third-order valence-corrected chi connectivity index (χ3v) is 6.05. The molecule has 0 amide bonds. The standard InChI is InChI=1S/C20H28N2OS/c1-14(2)15-9-11-16(12-10-15)19-18(24-20(23)21-19)13-22(3)17-7-5-4-6-8-17/h9-12,14,17H,4-8,13H2,1-3H3,(H,21,23). The third-order valence-electron chi connectivity index (χ3n) is 5.18. The number of thiazole rings is 1. The number of aromatic amines is 1. The number of rotatable bonds is 5. The van der Waals surface area contributed by atoms with E-state index >= 15 is 0 Å². The summed E-state index contributed by atoms with van der Waals surface area (Å²) >= 11 is 1.36. The zero-order valence-electron chi connectivity index (χ0n) is 15.0. The van der Waals surface area contributed by atoms with Crippen molar-refractivity contribution in [2.75, 3.05) is 7.05 Å². The fourth-order valence-corrected chi connectivity index (χ4v) is 4.53. The summed E-state index contributed by atoms with van der Waals surface area (Å²) in [4.78, 5) is 18.7. The van der Waals surface area contributed by atoms with Crippen LogP contribution < -0.4 is 4.87 Å². The molecule has 0 spiro atoms. The van der Waals surface area contributed by atoms with E-state index in [0.717, 1.165) is 22.7 Å². The Hall–Kier alpha value is -1.39. The molecule has 0 atom stereocenters. The third kappa shape index (κ3) is 3.98. The molecule has 0 radical (unpaired) electrons. The molecule has 1 aliphatic rings. The molecule has 1 aromatic heterocycles. The highest BCUT2D eigenvalue weighted by molar-refractivity contribution is 7.09. The van der Waals surface area contributed by atoms with Gasteiger partial charge in [0.1, 0.15) is 0 Å². The second kappa shape index (κ2) is 7.66. The van der Waals surface area contributed by atoms with Gasteiger partial charge in [-0.15, -0.1) is 0 Å². The minimum absolute atomic E-state index is 0.0463. The first-order chi connectivity index (χ1) is 11.5. The Morgan fingerprint density at radius 2 is 1.83 bits per heavy atom. The molecular formula is C20H28N2OS. The van der Waals surface area contributed by atoms with Gasteiger partial charge in [0.2, 0.25) is 0 Å². The summed E-state index contributed by atoms with van der Waals surface area (Å²) in [5.41, 5.74) is 3.45. The first-order valence-electron chi connectivity index (χ1n) is 9.07. The molecule has 1 heterocycles. The molecule has 130 valence electrons. The maximum Gasteiger partial charge on any atom is 0.305 e. The fourth-order valence-electron chi connectivity index (χ4n) is 3.62. The molecule has 1 N–H and O–H groups in total. The van der Waals surface area contributed by atoms with Gasteiger partial charge in [-0.05, 0) is 36.9 Å². The molecule has 3 nitrogen and oxygen atoms in total. The highest BCUT2D eigenvalue weighted by atomic mass is 32.1. The predicted octanol–water partition coefficient (Wildman–Crippen LogP) is 4.99. The monoisotopic (exact) mass is 344 g/mol. The Morgan fingerprint density at radius 1 is 1.17 bits per heavy atom. The molecule has 1 saturated carbocycles. The number of nitrogens with one attached hydrogen (secondary N) is 1. The van der Waals surface area contributed by atoms with E-state index < -0.39 is 0 Å². The molecule has 0 unspecified atom stereocenters. The van der Waals surface area contributed by atoms with Crippen molar-refractivity contribution >= 4 is 11.3 Å². The van der Waals surface area contributed by atoms with Gasteiger partial charge < -0.3 is 4.98 Å². The summed E-state index contributed by atoms with van der Waals surface area (Å²) < 4.78 is 0. The molecule has 0 aliphatic heterocycles. The van der Waals surface area contributed by atoms with Crippen molar-refractivity contribution in [1.82, 2.24) is 9.88 Å². The van der Waals surface area contributed by atoms with Gasteiger partial charge in [-0.1, -0.05) is 68.7 Å². The quantitative estimate of drug-likeness (QED) is 0.829. The van der Waals surface area contributed by atoms with Gasteiger partial charge in [0.05, 0.1) is 5.69 Å². The van der Waals surface area contributed by atoms with Crippen LogP contribution in [-0.4, -0.2) is 23.0 Å². The number of aromatic nitrogens is 1. The second-order valence-corrected chi connectivity index (χ2v) is 8.36. The molecular weight excluding hydrogens is 316 g/mol. The fraction of sp³-hybridized carbons (Fsp3) is 0.550. The molecule has 3 rings (SSSR count). The summed E-state index contributed by atoms with van der Waals surface area (Å²) in [6.45, 7) is 5.26. The van der Waals surface area contributed by atoms with Crippen molar-refractivity contribution < 1.29 is 0 Å². The highest BCUT2D eigenvalue weighted by Gasteiger charge is 2.20. The normalized spacial score (nSPS) is 16.2. The average molecular weight is 345 g/mol. The molecule has 24 heavy (non-hydrogen) atoms. The molecule has 1 aromatic carbocycles. The predicted molar refractivity (Wildman–Crippen MR) is 103 cm³/mol. The van der Waals surface area contributed by atoms with Crippen LogP contribution in [0.4, 0.5) is 0 Å². The number of hydrogen-bond acceptors (Lipinski definition) is 3. The average Bonchev–Trinajstić information content (AvgIpc) is 2.96. The van der Waals surface area contributed by atoms with Gasteiger partial charge in [0.15, 0.2) is 0 Å². The van der Waals surface area contributed by atoms with Crippen LogP contribution in [0.15, 0.2) is 29.1 Å². The Bertz CT molecular complexity index is 708. The lowest BCUT2D eigenvalue weighted by molar-refractivity contribution is 0.186. The maximum absolute atomic E-state index is 12.0. The molecule has 0 bridgehead atoms. The van der Waals surface area contributed by atoms with Crippen molar-refractivity contribution in [2.24, 2.45) is 0 Å². The van der Waals surface area contributed by atoms with E-state index in [-0.39, 0.29) is 4.87 Å². The van der Waals surface area contributed by atoms with Crippen molar-refractivity contribution in [1.29, 1.82) is 0 Å². The smallest absolute Gasteiger partial charge is 0.305 e. The van der Waals surface area contributed by atoms with Gasteiger partial charge in [0, 0.05) is 17.5 Å². The number of benzene rings is 1. The molecule has 1 fully saturated rings. The van der Waals surface area contributed by atoms with Crippen LogP contribution in [0.3, 0.4) is 0 Å². The van der Waals surface area contributed by atoms with Crippen LogP contribution in [0.5, 0.6) is 0 Å². The first kappa shape index (κ1) is 17.4. The lowest BCUT2D eigenvalue weighted by atomic mass is 9.94. The van der Waals surface area contributed by atoms with Gasteiger partial charge in [-0.2, -0.15) is 0 Å². The van der Waals surface area contributed by atoms with E-state index in [0.29, 0.717) is 12.0 Å².